The molecule has 1 aromatic rings. The van der Waals surface area contributed by atoms with Crippen molar-refractivity contribution in [2.75, 3.05) is 30.4 Å². The van der Waals surface area contributed by atoms with Gasteiger partial charge in [0.25, 0.3) is 0 Å². The topological polar surface area (TPSA) is 61.3 Å². The smallest absolute Gasteiger partial charge is 0.133 e. The van der Waals surface area contributed by atoms with E-state index in [0.29, 0.717) is 0 Å². The highest BCUT2D eigenvalue weighted by Gasteiger charge is 2.05. The molecule has 0 aliphatic rings. The van der Waals surface area contributed by atoms with Crippen molar-refractivity contribution in [3.8, 4) is 0 Å². The Morgan fingerprint density at radius 3 is 2.88 bits per heavy atom. The third-order valence-electron chi connectivity index (χ3n) is 2.48. The van der Waals surface area contributed by atoms with Crippen LogP contribution in [0.3, 0.4) is 0 Å². The zero-order chi connectivity index (χ0) is 12.7. The number of nitrogens with zero attached hydrogens (tertiary/aromatic N) is 3. The van der Waals surface area contributed by atoms with Crippen LogP contribution in [0.15, 0.2) is 12.4 Å². The van der Waals surface area contributed by atoms with Crippen molar-refractivity contribution in [1.29, 1.82) is 0 Å². The second-order valence-corrected chi connectivity index (χ2v) is 4.25. The van der Waals surface area contributed by atoms with Crippen LogP contribution in [0.5, 0.6) is 0 Å². The van der Waals surface area contributed by atoms with Crippen LogP contribution in [0.2, 0.25) is 0 Å². The Bertz CT molecular complexity index is 330. The number of nitrogens with one attached hydrogen (secondary N) is 1. The molecule has 0 bridgehead atoms. The molecule has 0 saturated carbocycles. The van der Waals surface area contributed by atoms with Crippen molar-refractivity contribution in [2.24, 2.45) is 0 Å². The van der Waals surface area contributed by atoms with Crippen LogP contribution in [-0.4, -0.2) is 41.3 Å². The van der Waals surface area contributed by atoms with Crippen LogP contribution in [0.1, 0.15) is 26.7 Å². The summed E-state index contributed by atoms with van der Waals surface area (Å²) < 4.78 is 0. The van der Waals surface area contributed by atoms with Crippen molar-refractivity contribution in [3.63, 3.8) is 0 Å². The van der Waals surface area contributed by atoms with E-state index >= 15 is 0 Å². The number of aromatic nitrogens is 2. The molecule has 0 aliphatic carbocycles. The van der Waals surface area contributed by atoms with Crippen LogP contribution in [0.25, 0.3) is 0 Å². The molecule has 0 radical (unpaired) electrons. The standard InChI is InChI=1S/C12H22N4O/c1-4-6-13-11-8-12(15-9-14-11)16(3)7-5-10(2)17/h8-10,17H,4-7H2,1-3H3,(H,13,14,15). The molecule has 1 heterocycles. The van der Waals surface area contributed by atoms with Crippen molar-refractivity contribution >= 4 is 11.6 Å². The number of anilines is 2. The lowest BCUT2D eigenvalue weighted by atomic mass is 10.3. The normalized spacial score (nSPS) is 12.2. The van der Waals surface area contributed by atoms with Crippen LogP contribution in [0.4, 0.5) is 11.6 Å². The Labute approximate surface area is 103 Å². The van der Waals surface area contributed by atoms with Crippen molar-refractivity contribution in [1.82, 2.24) is 9.97 Å². The molecular weight excluding hydrogens is 216 g/mol. The summed E-state index contributed by atoms with van der Waals surface area (Å²) in [5.41, 5.74) is 0. The average Bonchev–Trinajstić information content (AvgIpc) is 2.33. The first-order chi connectivity index (χ1) is 8.13. The van der Waals surface area contributed by atoms with E-state index < -0.39 is 0 Å². The van der Waals surface area contributed by atoms with Crippen LogP contribution < -0.4 is 10.2 Å². The minimum Gasteiger partial charge on any atom is -0.393 e. The van der Waals surface area contributed by atoms with Gasteiger partial charge in [-0.3, -0.25) is 0 Å². The second-order valence-electron chi connectivity index (χ2n) is 4.25. The molecule has 1 unspecified atom stereocenters. The highest BCUT2D eigenvalue weighted by atomic mass is 16.3. The van der Waals surface area contributed by atoms with E-state index in [1.165, 1.54) is 0 Å². The predicted octanol–water partition coefficient (Wildman–Crippen LogP) is 1.51. The zero-order valence-electron chi connectivity index (χ0n) is 10.8. The van der Waals surface area contributed by atoms with E-state index in [9.17, 15) is 5.11 Å². The Kier molecular flexibility index (Phi) is 5.69. The average molecular weight is 238 g/mol. The summed E-state index contributed by atoms with van der Waals surface area (Å²) in [4.78, 5) is 10.4. The van der Waals surface area contributed by atoms with Gasteiger partial charge in [0, 0.05) is 26.2 Å². The Hall–Kier alpha value is -1.36. The van der Waals surface area contributed by atoms with Crippen LogP contribution in [0, 0.1) is 0 Å². The monoisotopic (exact) mass is 238 g/mol. The summed E-state index contributed by atoms with van der Waals surface area (Å²) in [6.45, 7) is 5.60. The summed E-state index contributed by atoms with van der Waals surface area (Å²) in [6, 6.07) is 1.93. The van der Waals surface area contributed by atoms with Gasteiger partial charge in [0.2, 0.25) is 0 Å². The summed E-state index contributed by atoms with van der Waals surface area (Å²) >= 11 is 0. The molecule has 0 saturated heterocycles. The SMILES string of the molecule is CCCNc1cc(N(C)CCC(C)O)ncn1. The van der Waals surface area contributed by atoms with Crippen molar-refractivity contribution in [2.45, 2.75) is 32.8 Å². The highest BCUT2D eigenvalue weighted by molar-refractivity contribution is 5.47. The molecule has 0 spiro atoms. The zero-order valence-corrected chi connectivity index (χ0v) is 10.8. The van der Waals surface area contributed by atoms with Gasteiger partial charge in [-0.1, -0.05) is 6.92 Å². The van der Waals surface area contributed by atoms with Gasteiger partial charge in [0.05, 0.1) is 6.10 Å². The maximum atomic E-state index is 9.25. The molecule has 1 aromatic heterocycles. The van der Waals surface area contributed by atoms with E-state index in [0.717, 1.165) is 37.6 Å². The van der Waals surface area contributed by atoms with Gasteiger partial charge in [0.1, 0.15) is 18.0 Å². The largest absolute Gasteiger partial charge is 0.393 e. The molecule has 1 atom stereocenters. The van der Waals surface area contributed by atoms with Gasteiger partial charge < -0.3 is 15.3 Å². The molecule has 5 nitrogen and oxygen atoms in total. The van der Waals surface area contributed by atoms with Gasteiger partial charge in [-0.25, -0.2) is 9.97 Å². The first kappa shape index (κ1) is 13.7. The van der Waals surface area contributed by atoms with Crippen LogP contribution in [-0.2, 0) is 0 Å². The number of aliphatic hydroxyl groups excluding tert-OH is 1. The molecule has 2 N–H and O–H groups in total. The number of rotatable bonds is 7. The molecule has 1 rings (SSSR count). The highest BCUT2D eigenvalue weighted by Crippen LogP contribution is 2.13. The molecule has 0 aliphatic heterocycles. The quantitative estimate of drug-likeness (QED) is 0.754. The molecule has 17 heavy (non-hydrogen) atoms. The number of hydrogen-bond acceptors (Lipinski definition) is 5. The van der Waals surface area contributed by atoms with E-state index in [4.69, 9.17) is 0 Å². The van der Waals surface area contributed by atoms with Crippen molar-refractivity contribution < 1.29 is 5.11 Å². The van der Waals surface area contributed by atoms with E-state index in [1.807, 2.05) is 18.0 Å². The minimum atomic E-state index is -0.281. The first-order valence-electron chi connectivity index (χ1n) is 6.08. The molecule has 0 fully saturated rings. The Morgan fingerprint density at radius 2 is 2.24 bits per heavy atom. The lowest BCUT2D eigenvalue weighted by molar-refractivity contribution is 0.187. The maximum absolute atomic E-state index is 9.25. The fourth-order valence-corrected chi connectivity index (χ4v) is 1.40. The third-order valence-corrected chi connectivity index (χ3v) is 2.48. The summed E-state index contributed by atoms with van der Waals surface area (Å²) in [5, 5.41) is 12.5. The van der Waals surface area contributed by atoms with Gasteiger partial charge in [0.15, 0.2) is 0 Å². The fourth-order valence-electron chi connectivity index (χ4n) is 1.40. The lowest BCUT2D eigenvalue weighted by Crippen LogP contribution is -2.23. The van der Waals surface area contributed by atoms with Crippen molar-refractivity contribution in [3.05, 3.63) is 12.4 Å². The molecule has 96 valence electrons. The predicted molar refractivity (Wildman–Crippen MR) is 70.4 cm³/mol. The van der Waals surface area contributed by atoms with E-state index in [2.05, 4.69) is 22.2 Å². The number of aliphatic hydroxyl groups is 1. The van der Waals surface area contributed by atoms with Gasteiger partial charge in [-0.05, 0) is 19.8 Å². The minimum absolute atomic E-state index is 0.281. The Morgan fingerprint density at radius 1 is 1.47 bits per heavy atom. The summed E-state index contributed by atoms with van der Waals surface area (Å²) in [6.07, 6.45) is 3.08. The fraction of sp³-hybridized carbons (Fsp3) is 0.667. The molecule has 0 amide bonds. The first-order valence-corrected chi connectivity index (χ1v) is 6.08. The summed E-state index contributed by atoms with van der Waals surface area (Å²) in [5.74, 6) is 1.72. The van der Waals surface area contributed by atoms with Crippen LogP contribution >= 0.6 is 0 Å². The van der Waals surface area contributed by atoms with E-state index in [-0.39, 0.29) is 6.10 Å². The van der Waals surface area contributed by atoms with Gasteiger partial charge >= 0.3 is 0 Å². The second kappa shape index (κ2) is 7.06. The maximum Gasteiger partial charge on any atom is 0.133 e. The lowest BCUT2D eigenvalue weighted by Gasteiger charge is -2.19. The molecular formula is C12H22N4O. The molecule has 0 aromatic carbocycles. The molecule has 5 heteroatoms. The number of hydrogen-bond donors (Lipinski definition) is 2. The summed E-state index contributed by atoms with van der Waals surface area (Å²) in [7, 11) is 1.97. The third kappa shape index (κ3) is 4.99. The van der Waals surface area contributed by atoms with Gasteiger partial charge in [-0.15, -0.1) is 0 Å². The Balaban J connectivity index is 2.57. The van der Waals surface area contributed by atoms with E-state index in [1.54, 1.807) is 13.3 Å². The van der Waals surface area contributed by atoms with Gasteiger partial charge in [-0.2, -0.15) is 0 Å².